The summed E-state index contributed by atoms with van der Waals surface area (Å²) in [5.74, 6) is 0. The zero-order valence-corrected chi connectivity index (χ0v) is 26.2. The van der Waals surface area contributed by atoms with Gasteiger partial charge in [0.1, 0.15) is 6.17 Å². The van der Waals surface area contributed by atoms with Crippen LogP contribution in [0.1, 0.15) is 11.7 Å². The predicted molar refractivity (Wildman–Crippen MR) is 203 cm³/mol. The van der Waals surface area contributed by atoms with Crippen LogP contribution in [0.15, 0.2) is 176 Å². The molecule has 1 aliphatic heterocycles. The van der Waals surface area contributed by atoms with Gasteiger partial charge in [-0.1, -0.05) is 127 Å². The van der Waals surface area contributed by atoms with Gasteiger partial charge in [0.15, 0.2) is 0 Å². The van der Waals surface area contributed by atoms with Crippen LogP contribution in [0.2, 0.25) is 0 Å². The van der Waals surface area contributed by atoms with Crippen LogP contribution in [0.4, 0.5) is 17.1 Å². The lowest BCUT2D eigenvalue weighted by Crippen LogP contribution is -2.23. The Morgan fingerprint density at radius 3 is 1.81 bits per heavy atom. The first-order valence-corrected chi connectivity index (χ1v) is 16.6. The van der Waals surface area contributed by atoms with E-state index in [0.29, 0.717) is 0 Å². The van der Waals surface area contributed by atoms with E-state index in [4.69, 9.17) is 0 Å². The molecule has 0 bridgehead atoms. The van der Waals surface area contributed by atoms with Crippen LogP contribution in [-0.2, 0) is 0 Å². The van der Waals surface area contributed by atoms with E-state index in [-0.39, 0.29) is 6.17 Å². The Balaban J connectivity index is 1.18. The van der Waals surface area contributed by atoms with Gasteiger partial charge >= 0.3 is 0 Å². The molecular formula is C45H31N3. The van der Waals surface area contributed by atoms with Crippen molar-refractivity contribution in [1.29, 1.82) is 0 Å². The van der Waals surface area contributed by atoms with E-state index in [9.17, 15) is 0 Å². The fourth-order valence-electron chi connectivity index (χ4n) is 7.77. The molecule has 8 aromatic carbocycles. The zero-order valence-electron chi connectivity index (χ0n) is 26.2. The molecule has 1 N–H and O–H groups in total. The standard InChI is InChI=1S/C45H31N3/c1-3-12-32(13-4-1)45-46-40-27-26-31-24-22-30-23-25-34(29-39(30)43(31)44(40)48(45)35-15-5-2-6-16-35)33-14-11-17-36(28-33)47-41-20-9-7-18-37(41)38-19-8-10-21-42(38)47/h1-29,45-46H. The van der Waals surface area contributed by atoms with Crippen LogP contribution >= 0.6 is 0 Å². The molecule has 1 aromatic heterocycles. The first-order chi connectivity index (χ1) is 23.8. The van der Waals surface area contributed by atoms with Crippen molar-refractivity contribution in [2.45, 2.75) is 6.17 Å². The Labute approximate surface area is 278 Å². The van der Waals surface area contributed by atoms with E-state index in [0.717, 1.165) is 17.1 Å². The molecule has 3 heteroatoms. The van der Waals surface area contributed by atoms with E-state index >= 15 is 0 Å². The molecule has 226 valence electrons. The summed E-state index contributed by atoms with van der Waals surface area (Å²) in [7, 11) is 0. The van der Waals surface area contributed by atoms with E-state index in [1.165, 1.54) is 65.7 Å². The molecule has 48 heavy (non-hydrogen) atoms. The first-order valence-electron chi connectivity index (χ1n) is 16.6. The third-order valence-corrected chi connectivity index (χ3v) is 9.93. The lowest BCUT2D eigenvalue weighted by molar-refractivity contribution is 0.830. The molecule has 0 fully saturated rings. The summed E-state index contributed by atoms with van der Waals surface area (Å²) in [5, 5.41) is 11.4. The van der Waals surface area contributed by atoms with Crippen LogP contribution in [0.3, 0.4) is 0 Å². The maximum Gasteiger partial charge on any atom is 0.130 e. The normalized spacial score (nSPS) is 14.2. The highest BCUT2D eigenvalue weighted by molar-refractivity contribution is 6.19. The average Bonchev–Trinajstić information content (AvgIpc) is 3.72. The summed E-state index contributed by atoms with van der Waals surface area (Å²) in [6.45, 7) is 0. The van der Waals surface area contributed by atoms with E-state index in [2.05, 4.69) is 191 Å². The van der Waals surface area contributed by atoms with Gasteiger partial charge in [-0.25, -0.2) is 0 Å². The van der Waals surface area contributed by atoms with Crippen LogP contribution in [-0.4, -0.2) is 4.57 Å². The van der Waals surface area contributed by atoms with Gasteiger partial charge in [0.05, 0.1) is 22.4 Å². The molecule has 10 rings (SSSR count). The topological polar surface area (TPSA) is 20.2 Å². The van der Waals surface area contributed by atoms with E-state index < -0.39 is 0 Å². The number of aromatic nitrogens is 1. The van der Waals surface area contributed by atoms with Gasteiger partial charge in [0.2, 0.25) is 0 Å². The van der Waals surface area contributed by atoms with Gasteiger partial charge in [0.25, 0.3) is 0 Å². The highest BCUT2D eigenvalue weighted by Gasteiger charge is 2.33. The highest BCUT2D eigenvalue weighted by Crippen LogP contribution is 2.51. The maximum absolute atomic E-state index is 3.88. The number of hydrogen-bond donors (Lipinski definition) is 1. The van der Waals surface area contributed by atoms with Gasteiger partial charge in [-0.05, 0) is 81.4 Å². The quantitative estimate of drug-likeness (QED) is 0.199. The lowest BCUT2D eigenvalue weighted by Gasteiger charge is -2.28. The molecule has 0 spiro atoms. The molecule has 0 saturated carbocycles. The summed E-state index contributed by atoms with van der Waals surface area (Å²) >= 11 is 0. The molecule has 1 aliphatic rings. The summed E-state index contributed by atoms with van der Waals surface area (Å²) in [4.78, 5) is 2.47. The minimum Gasteiger partial charge on any atom is -0.359 e. The van der Waals surface area contributed by atoms with Crippen LogP contribution in [0.25, 0.3) is 60.2 Å². The van der Waals surface area contributed by atoms with Crippen LogP contribution < -0.4 is 10.2 Å². The maximum atomic E-state index is 3.88. The minimum atomic E-state index is -0.0180. The number of benzene rings is 8. The molecule has 1 unspecified atom stereocenters. The summed E-state index contributed by atoms with van der Waals surface area (Å²) in [5.41, 5.74) is 10.8. The van der Waals surface area contributed by atoms with Crippen molar-refractivity contribution in [2.75, 3.05) is 10.2 Å². The zero-order chi connectivity index (χ0) is 31.6. The molecule has 0 radical (unpaired) electrons. The Kier molecular flexibility index (Phi) is 5.94. The van der Waals surface area contributed by atoms with Crippen LogP contribution in [0.5, 0.6) is 0 Å². The van der Waals surface area contributed by atoms with Gasteiger partial charge in [-0.3, -0.25) is 0 Å². The molecule has 2 heterocycles. The van der Waals surface area contributed by atoms with Gasteiger partial charge in [0, 0.05) is 27.5 Å². The second-order valence-corrected chi connectivity index (χ2v) is 12.6. The van der Waals surface area contributed by atoms with Crippen molar-refractivity contribution in [3.05, 3.63) is 181 Å². The molecule has 0 aliphatic carbocycles. The Bertz CT molecular complexity index is 2600. The number of nitrogens with zero attached hydrogens (tertiary/aromatic N) is 2. The molecule has 1 atom stereocenters. The number of anilines is 3. The number of fused-ring (bicyclic) bond motifs is 8. The largest absolute Gasteiger partial charge is 0.359 e. The van der Waals surface area contributed by atoms with Gasteiger partial charge < -0.3 is 14.8 Å². The number of hydrogen-bond acceptors (Lipinski definition) is 2. The van der Waals surface area contributed by atoms with Crippen LogP contribution in [0, 0.1) is 0 Å². The SMILES string of the molecule is c1ccc(C2Nc3ccc4ccc5ccc(-c6cccc(-n7c8ccccc8c8ccccc87)c6)cc5c4c3N2c2ccccc2)cc1. The van der Waals surface area contributed by atoms with E-state index in [1.54, 1.807) is 0 Å². The number of para-hydroxylation sites is 3. The van der Waals surface area contributed by atoms with Gasteiger partial charge in [-0.15, -0.1) is 0 Å². The summed E-state index contributed by atoms with van der Waals surface area (Å²) < 4.78 is 2.39. The Morgan fingerprint density at radius 2 is 1.04 bits per heavy atom. The molecule has 0 saturated heterocycles. The molecular weight excluding hydrogens is 583 g/mol. The number of nitrogens with one attached hydrogen (secondary N) is 1. The first kappa shape index (κ1) is 26.9. The summed E-state index contributed by atoms with van der Waals surface area (Å²) in [6, 6.07) is 63.8. The monoisotopic (exact) mass is 613 g/mol. The third-order valence-electron chi connectivity index (χ3n) is 9.93. The van der Waals surface area contributed by atoms with Gasteiger partial charge in [-0.2, -0.15) is 0 Å². The van der Waals surface area contributed by atoms with Crippen molar-refractivity contribution in [3.63, 3.8) is 0 Å². The minimum absolute atomic E-state index is 0.0180. The predicted octanol–water partition coefficient (Wildman–Crippen LogP) is 12.0. The fraction of sp³-hybridized carbons (Fsp3) is 0.0222. The summed E-state index contributed by atoms with van der Waals surface area (Å²) in [6.07, 6.45) is -0.0180. The molecule has 9 aromatic rings. The van der Waals surface area contributed by atoms with E-state index in [1.807, 2.05) is 0 Å². The molecule has 3 nitrogen and oxygen atoms in total. The third kappa shape index (κ3) is 4.08. The second-order valence-electron chi connectivity index (χ2n) is 12.6. The van der Waals surface area contributed by atoms with Crippen molar-refractivity contribution < 1.29 is 0 Å². The Hall–Kier alpha value is -6.32. The highest BCUT2D eigenvalue weighted by atomic mass is 15.3. The fourth-order valence-corrected chi connectivity index (χ4v) is 7.77. The second kappa shape index (κ2) is 10.6. The van der Waals surface area contributed by atoms with Crippen molar-refractivity contribution in [2.24, 2.45) is 0 Å². The smallest absolute Gasteiger partial charge is 0.130 e. The lowest BCUT2D eigenvalue weighted by atomic mass is 9.95. The Morgan fingerprint density at radius 1 is 0.438 bits per heavy atom. The van der Waals surface area contributed by atoms with Crippen molar-refractivity contribution in [3.8, 4) is 16.8 Å². The number of rotatable bonds is 4. The average molecular weight is 614 g/mol. The van der Waals surface area contributed by atoms with Crippen molar-refractivity contribution >= 4 is 60.4 Å². The molecule has 0 amide bonds. The van der Waals surface area contributed by atoms with Crippen molar-refractivity contribution in [1.82, 2.24) is 4.57 Å².